The fourth-order valence-electron chi connectivity index (χ4n) is 1.49. The van der Waals surface area contributed by atoms with E-state index in [1.54, 1.807) is 18.3 Å². The number of rotatable bonds is 7. The molecule has 0 radical (unpaired) electrons. The van der Waals surface area contributed by atoms with E-state index in [4.69, 9.17) is 0 Å². The molecule has 21 heavy (non-hydrogen) atoms. The van der Waals surface area contributed by atoms with Gasteiger partial charge in [-0.3, -0.25) is 0 Å². The average Bonchev–Trinajstić information content (AvgIpc) is 2.45. The van der Waals surface area contributed by atoms with E-state index in [0.29, 0.717) is 24.0 Å². The van der Waals surface area contributed by atoms with Crippen molar-refractivity contribution in [1.29, 1.82) is 0 Å². The molecule has 0 bridgehead atoms. The van der Waals surface area contributed by atoms with Crippen molar-refractivity contribution in [1.82, 2.24) is 19.9 Å². The summed E-state index contributed by atoms with van der Waals surface area (Å²) < 4.78 is 24.1. The summed E-state index contributed by atoms with van der Waals surface area (Å²) in [6.45, 7) is 0.712. The Labute approximate surface area is 123 Å². The SMILES string of the molecule is CS(=O)(=O)NCCNc1ccc(Nc2ccccn2)nn1. The second kappa shape index (κ2) is 6.95. The van der Waals surface area contributed by atoms with Gasteiger partial charge in [0, 0.05) is 19.3 Å². The standard InChI is InChI=1S/C12H16N6O2S/c1-21(19,20)15-9-8-14-11-5-6-12(18-17-11)16-10-4-2-3-7-13-10/h2-7,15H,8-9H2,1H3,(H,14,17)(H,13,16,18). The maximum absolute atomic E-state index is 10.9. The van der Waals surface area contributed by atoms with Gasteiger partial charge in [-0.2, -0.15) is 0 Å². The van der Waals surface area contributed by atoms with E-state index >= 15 is 0 Å². The number of sulfonamides is 1. The Morgan fingerprint density at radius 2 is 1.76 bits per heavy atom. The van der Waals surface area contributed by atoms with E-state index in [9.17, 15) is 8.42 Å². The van der Waals surface area contributed by atoms with Gasteiger partial charge in [0.15, 0.2) is 5.82 Å². The Balaban J connectivity index is 1.82. The number of hydrogen-bond donors (Lipinski definition) is 3. The fraction of sp³-hybridized carbons (Fsp3) is 0.250. The van der Waals surface area contributed by atoms with Crippen LogP contribution in [0.4, 0.5) is 17.5 Å². The van der Waals surface area contributed by atoms with Crippen molar-refractivity contribution in [2.24, 2.45) is 0 Å². The first-order valence-electron chi connectivity index (χ1n) is 6.23. The minimum Gasteiger partial charge on any atom is -0.367 e. The van der Waals surface area contributed by atoms with Crippen LogP contribution in [0.3, 0.4) is 0 Å². The molecule has 2 aromatic heterocycles. The maximum atomic E-state index is 10.9. The highest BCUT2D eigenvalue weighted by molar-refractivity contribution is 7.88. The highest BCUT2D eigenvalue weighted by Gasteiger charge is 2.01. The summed E-state index contributed by atoms with van der Waals surface area (Å²) >= 11 is 0. The molecule has 0 amide bonds. The molecule has 0 saturated carbocycles. The molecule has 0 aromatic carbocycles. The number of nitrogens with zero attached hydrogens (tertiary/aromatic N) is 3. The van der Waals surface area contributed by atoms with Crippen LogP contribution in [-0.2, 0) is 10.0 Å². The lowest BCUT2D eigenvalue weighted by atomic mass is 10.4. The van der Waals surface area contributed by atoms with Crippen LogP contribution >= 0.6 is 0 Å². The van der Waals surface area contributed by atoms with E-state index in [-0.39, 0.29) is 6.54 Å². The van der Waals surface area contributed by atoms with Gasteiger partial charge in [-0.05, 0) is 24.3 Å². The molecule has 0 atom stereocenters. The molecule has 112 valence electrons. The number of aromatic nitrogens is 3. The fourth-order valence-corrected chi connectivity index (χ4v) is 1.96. The summed E-state index contributed by atoms with van der Waals surface area (Å²) in [6.07, 6.45) is 2.80. The first-order chi connectivity index (χ1) is 10.0. The number of anilines is 3. The third kappa shape index (κ3) is 5.71. The zero-order valence-corrected chi connectivity index (χ0v) is 12.3. The Hall–Kier alpha value is -2.26. The maximum Gasteiger partial charge on any atom is 0.208 e. The van der Waals surface area contributed by atoms with Crippen molar-refractivity contribution in [3.63, 3.8) is 0 Å². The highest BCUT2D eigenvalue weighted by Crippen LogP contribution is 2.11. The van der Waals surface area contributed by atoms with E-state index in [1.807, 2.05) is 18.2 Å². The zero-order chi connectivity index (χ0) is 15.1. The van der Waals surface area contributed by atoms with Crippen LogP contribution in [0.25, 0.3) is 0 Å². The smallest absolute Gasteiger partial charge is 0.208 e. The van der Waals surface area contributed by atoms with Crippen LogP contribution in [0.2, 0.25) is 0 Å². The Morgan fingerprint density at radius 1 is 1.00 bits per heavy atom. The van der Waals surface area contributed by atoms with E-state index in [1.165, 1.54) is 0 Å². The van der Waals surface area contributed by atoms with Crippen molar-refractivity contribution >= 4 is 27.5 Å². The quantitative estimate of drug-likeness (QED) is 0.642. The number of pyridine rings is 1. The zero-order valence-electron chi connectivity index (χ0n) is 11.4. The highest BCUT2D eigenvalue weighted by atomic mass is 32.2. The van der Waals surface area contributed by atoms with E-state index in [0.717, 1.165) is 6.26 Å². The topological polar surface area (TPSA) is 109 Å². The van der Waals surface area contributed by atoms with E-state index in [2.05, 4.69) is 30.5 Å². The van der Waals surface area contributed by atoms with Gasteiger partial charge in [0.05, 0.1) is 6.26 Å². The average molecular weight is 308 g/mol. The lowest BCUT2D eigenvalue weighted by Gasteiger charge is -2.07. The molecular formula is C12H16N6O2S. The third-order valence-electron chi connectivity index (χ3n) is 2.38. The van der Waals surface area contributed by atoms with Crippen LogP contribution < -0.4 is 15.4 Å². The van der Waals surface area contributed by atoms with Gasteiger partial charge < -0.3 is 10.6 Å². The van der Waals surface area contributed by atoms with Gasteiger partial charge in [0.25, 0.3) is 0 Å². The van der Waals surface area contributed by atoms with Crippen molar-refractivity contribution < 1.29 is 8.42 Å². The second-order valence-corrected chi connectivity index (χ2v) is 6.07. The Morgan fingerprint density at radius 3 is 2.38 bits per heavy atom. The van der Waals surface area contributed by atoms with Crippen molar-refractivity contribution in [2.75, 3.05) is 30.0 Å². The molecular weight excluding hydrogens is 292 g/mol. The lowest BCUT2D eigenvalue weighted by molar-refractivity contribution is 0.589. The number of hydrogen-bond acceptors (Lipinski definition) is 7. The predicted molar refractivity (Wildman–Crippen MR) is 80.9 cm³/mol. The van der Waals surface area contributed by atoms with Crippen LogP contribution in [0.5, 0.6) is 0 Å². The van der Waals surface area contributed by atoms with E-state index < -0.39 is 10.0 Å². The van der Waals surface area contributed by atoms with Crippen molar-refractivity contribution in [2.45, 2.75) is 0 Å². The Kier molecular flexibility index (Phi) is 5.01. The second-order valence-electron chi connectivity index (χ2n) is 4.24. The molecule has 9 heteroatoms. The summed E-state index contributed by atoms with van der Waals surface area (Å²) in [7, 11) is -3.16. The van der Waals surface area contributed by atoms with Crippen molar-refractivity contribution in [3.8, 4) is 0 Å². The summed E-state index contributed by atoms with van der Waals surface area (Å²) in [6, 6.07) is 9.03. The summed E-state index contributed by atoms with van der Waals surface area (Å²) in [5.41, 5.74) is 0. The number of nitrogens with one attached hydrogen (secondary N) is 3. The molecule has 0 fully saturated rings. The van der Waals surface area contributed by atoms with Crippen molar-refractivity contribution in [3.05, 3.63) is 36.5 Å². The van der Waals surface area contributed by atoms with Gasteiger partial charge in [-0.1, -0.05) is 6.07 Å². The molecule has 3 N–H and O–H groups in total. The minimum absolute atomic E-state index is 0.286. The summed E-state index contributed by atoms with van der Waals surface area (Å²) in [5.74, 6) is 1.83. The molecule has 0 unspecified atom stereocenters. The summed E-state index contributed by atoms with van der Waals surface area (Å²) in [4.78, 5) is 4.12. The van der Waals surface area contributed by atoms with Crippen LogP contribution in [-0.4, -0.2) is 42.9 Å². The van der Waals surface area contributed by atoms with Crippen LogP contribution in [0.1, 0.15) is 0 Å². The predicted octanol–water partition coefficient (Wildman–Crippen LogP) is 0.576. The Bertz CT molecular complexity index is 660. The monoisotopic (exact) mass is 308 g/mol. The van der Waals surface area contributed by atoms with Gasteiger partial charge in [-0.25, -0.2) is 18.1 Å². The summed E-state index contributed by atoms with van der Waals surface area (Å²) in [5, 5.41) is 14.0. The third-order valence-corrected chi connectivity index (χ3v) is 3.11. The van der Waals surface area contributed by atoms with Crippen LogP contribution in [0.15, 0.2) is 36.5 Å². The first-order valence-corrected chi connectivity index (χ1v) is 8.12. The minimum atomic E-state index is -3.16. The molecule has 0 aliphatic rings. The van der Waals surface area contributed by atoms with Crippen LogP contribution in [0, 0.1) is 0 Å². The van der Waals surface area contributed by atoms with Gasteiger partial charge in [0.1, 0.15) is 11.6 Å². The molecule has 2 rings (SSSR count). The normalized spacial score (nSPS) is 11.1. The van der Waals surface area contributed by atoms with Gasteiger partial charge in [0.2, 0.25) is 10.0 Å². The first kappa shape index (κ1) is 15.1. The van der Waals surface area contributed by atoms with Gasteiger partial charge >= 0.3 is 0 Å². The molecule has 0 aliphatic heterocycles. The largest absolute Gasteiger partial charge is 0.367 e. The molecule has 0 aliphatic carbocycles. The molecule has 8 nitrogen and oxygen atoms in total. The van der Waals surface area contributed by atoms with Gasteiger partial charge in [-0.15, -0.1) is 10.2 Å². The lowest BCUT2D eigenvalue weighted by Crippen LogP contribution is -2.27. The molecule has 0 saturated heterocycles. The molecule has 2 heterocycles. The molecule has 2 aromatic rings. The molecule has 0 spiro atoms.